The molecule has 1 N–H and O–H groups in total. The predicted molar refractivity (Wildman–Crippen MR) is 42.1 cm³/mol. The first-order chi connectivity index (χ1) is 4.93. The van der Waals surface area contributed by atoms with Crippen LogP contribution in [0.25, 0.3) is 0 Å². The highest BCUT2D eigenvalue weighted by Gasteiger charge is 2.13. The molecular formula is C8H17NO. The van der Waals surface area contributed by atoms with Crippen molar-refractivity contribution in [3.63, 3.8) is 0 Å². The lowest BCUT2D eigenvalue weighted by Gasteiger charge is -2.08. The zero-order valence-electron chi connectivity index (χ0n) is 6.73. The van der Waals surface area contributed by atoms with E-state index in [0.717, 1.165) is 19.7 Å². The Morgan fingerprint density at radius 3 is 3.10 bits per heavy atom. The SMILES string of the molecule is CCCNC[C@H]1CCCO1. The molecule has 0 radical (unpaired) electrons. The van der Waals surface area contributed by atoms with Gasteiger partial charge in [-0.1, -0.05) is 6.92 Å². The first-order valence-electron chi connectivity index (χ1n) is 4.26. The minimum Gasteiger partial charge on any atom is -0.377 e. The summed E-state index contributed by atoms with van der Waals surface area (Å²) < 4.78 is 5.44. The Kier molecular flexibility index (Phi) is 3.76. The summed E-state index contributed by atoms with van der Waals surface area (Å²) >= 11 is 0. The van der Waals surface area contributed by atoms with Crippen LogP contribution in [-0.2, 0) is 4.74 Å². The zero-order chi connectivity index (χ0) is 7.23. The lowest BCUT2D eigenvalue weighted by molar-refractivity contribution is 0.110. The number of rotatable bonds is 4. The van der Waals surface area contributed by atoms with Crippen LogP contribution in [0.3, 0.4) is 0 Å². The van der Waals surface area contributed by atoms with Gasteiger partial charge in [-0.05, 0) is 25.8 Å². The fourth-order valence-corrected chi connectivity index (χ4v) is 1.25. The molecule has 0 amide bonds. The minimum atomic E-state index is 0.506. The average Bonchev–Trinajstić information content (AvgIpc) is 2.41. The second-order valence-electron chi connectivity index (χ2n) is 2.84. The third kappa shape index (κ3) is 2.67. The van der Waals surface area contributed by atoms with Gasteiger partial charge in [0.2, 0.25) is 0 Å². The lowest BCUT2D eigenvalue weighted by atomic mass is 10.2. The van der Waals surface area contributed by atoms with Crippen molar-refractivity contribution in [3.05, 3.63) is 0 Å². The van der Waals surface area contributed by atoms with Crippen LogP contribution in [0.4, 0.5) is 0 Å². The number of hydrogen-bond acceptors (Lipinski definition) is 2. The molecule has 2 heteroatoms. The maximum Gasteiger partial charge on any atom is 0.0700 e. The van der Waals surface area contributed by atoms with Crippen LogP contribution < -0.4 is 5.32 Å². The predicted octanol–water partition coefficient (Wildman–Crippen LogP) is 1.16. The highest BCUT2D eigenvalue weighted by molar-refractivity contribution is 4.66. The van der Waals surface area contributed by atoms with E-state index < -0.39 is 0 Å². The summed E-state index contributed by atoms with van der Waals surface area (Å²) in [5, 5.41) is 3.35. The van der Waals surface area contributed by atoms with Gasteiger partial charge < -0.3 is 10.1 Å². The molecule has 1 saturated heterocycles. The van der Waals surface area contributed by atoms with Gasteiger partial charge in [-0.2, -0.15) is 0 Å². The smallest absolute Gasteiger partial charge is 0.0700 e. The third-order valence-electron chi connectivity index (χ3n) is 1.82. The fourth-order valence-electron chi connectivity index (χ4n) is 1.25. The van der Waals surface area contributed by atoms with Gasteiger partial charge in [-0.15, -0.1) is 0 Å². The maximum atomic E-state index is 5.44. The molecule has 1 atom stereocenters. The quantitative estimate of drug-likeness (QED) is 0.596. The first-order valence-corrected chi connectivity index (χ1v) is 4.26. The molecule has 10 heavy (non-hydrogen) atoms. The van der Waals surface area contributed by atoms with Gasteiger partial charge in [0.05, 0.1) is 6.10 Å². The summed E-state index contributed by atoms with van der Waals surface area (Å²) in [5.41, 5.74) is 0. The molecule has 1 aliphatic heterocycles. The number of ether oxygens (including phenoxy) is 1. The van der Waals surface area contributed by atoms with E-state index in [0.29, 0.717) is 6.10 Å². The molecule has 0 spiro atoms. The van der Waals surface area contributed by atoms with E-state index >= 15 is 0 Å². The van der Waals surface area contributed by atoms with Gasteiger partial charge in [0.25, 0.3) is 0 Å². The van der Waals surface area contributed by atoms with Crippen molar-refractivity contribution in [2.24, 2.45) is 0 Å². The standard InChI is InChI=1S/C8H17NO/c1-2-5-9-7-8-4-3-6-10-8/h8-9H,2-7H2,1H3/t8-/m1/s1. The summed E-state index contributed by atoms with van der Waals surface area (Å²) in [6, 6.07) is 0. The van der Waals surface area contributed by atoms with E-state index in [1.54, 1.807) is 0 Å². The normalized spacial score (nSPS) is 25.5. The van der Waals surface area contributed by atoms with Gasteiger partial charge in [0.1, 0.15) is 0 Å². The van der Waals surface area contributed by atoms with E-state index in [2.05, 4.69) is 12.2 Å². The molecule has 1 fully saturated rings. The van der Waals surface area contributed by atoms with E-state index in [9.17, 15) is 0 Å². The monoisotopic (exact) mass is 143 g/mol. The second kappa shape index (κ2) is 4.69. The van der Waals surface area contributed by atoms with Crippen LogP contribution in [0.2, 0.25) is 0 Å². The Hall–Kier alpha value is -0.0800. The second-order valence-corrected chi connectivity index (χ2v) is 2.84. The van der Waals surface area contributed by atoms with Crippen molar-refractivity contribution >= 4 is 0 Å². The van der Waals surface area contributed by atoms with Gasteiger partial charge >= 0.3 is 0 Å². The van der Waals surface area contributed by atoms with Crippen LogP contribution in [0, 0.1) is 0 Å². The molecule has 60 valence electrons. The van der Waals surface area contributed by atoms with E-state index in [4.69, 9.17) is 4.74 Å². The van der Waals surface area contributed by atoms with Gasteiger partial charge in [-0.25, -0.2) is 0 Å². The molecule has 2 nitrogen and oxygen atoms in total. The summed E-state index contributed by atoms with van der Waals surface area (Å²) in [6.07, 6.45) is 4.22. The highest BCUT2D eigenvalue weighted by atomic mass is 16.5. The Labute approximate surface area is 63.0 Å². The Bertz CT molecular complexity index is 79.3. The average molecular weight is 143 g/mol. The molecule has 0 bridgehead atoms. The Morgan fingerprint density at radius 1 is 1.60 bits per heavy atom. The molecule has 0 aliphatic carbocycles. The lowest BCUT2D eigenvalue weighted by Crippen LogP contribution is -2.26. The topological polar surface area (TPSA) is 21.3 Å². The molecule has 0 aromatic rings. The van der Waals surface area contributed by atoms with E-state index in [1.165, 1.54) is 19.3 Å². The third-order valence-corrected chi connectivity index (χ3v) is 1.82. The fraction of sp³-hybridized carbons (Fsp3) is 1.00. The van der Waals surface area contributed by atoms with Crippen molar-refractivity contribution in [2.75, 3.05) is 19.7 Å². The summed E-state index contributed by atoms with van der Waals surface area (Å²) in [5.74, 6) is 0. The number of hydrogen-bond donors (Lipinski definition) is 1. The summed E-state index contributed by atoms with van der Waals surface area (Å²) in [6.45, 7) is 5.33. The van der Waals surface area contributed by atoms with Crippen LogP contribution in [0.5, 0.6) is 0 Å². The van der Waals surface area contributed by atoms with Crippen molar-refractivity contribution < 1.29 is 4.74 Å². The van der Waals surface area contributed by atoms with E-state index in [-0.39, 0.29) is 0 Å². The van der Waals surface area contributed by atoms with Crippen molar-refractivity contribution in [1.82, 2.24) is 5.32 Å². The van der Waals surface area contributed by atoms with Gasteiger partial charge in [0, 0.05) is 13.2 Å². The van der Waals surface area contributed by atoms with Crippen LogP contribution in [0.1, 0.15) is 26.2 Å². The van der Waals surface area contributed by atoms with Crippen LogP contribution in [0.15, 0.2) is 0 Å². The molecule has 0 unspecified atom stereocenters. The maximum absolute atomic E-state index is 5.44. The largest absolute Gasteiger partial charge is 0.377 e. The summed E-state index contributed by atoms with van der Waals surface area (Å²) in [7, 11) is 0. The van der Waals surface area contributed by atoms with Crippen molar-refractivity contribution in [1.29, 1.82) is 0 Å². The van der Waals surface area contributed by atoms with E-state index in [1.807, 2.05) is 0 Å². The molecule has 1 heterocycles. The molecule has 1 rings (SSSR count). The van der Waals surface area contributed by atoms with Crippen LogP contribution in [-0.4, -0.2) is 25.8 Å². The Balaban J connectivity index is 1.91. The van der Waals surface area contributed by atoms with Gasteiger partial charge in [-0.3, -0.25) is 0 Å². The molecule has 0 saturated carbocycles. The molecule has 0 aromatic heterocycles. The molecule has 1 aliphatic rings. The summed E-state index contributed by atoms with van der Waals surface area (Å²) in [4.78, 5) is 0. The molecule has 0 aromatic carbocycles. The van der Waals surface area contributed by atoms with Crippen molar-refractivity contribution in [2.45, 2.75) is 32.3 Å². The van der Waals surface area contributed by atoms with Crippen molar-refractivity contribution in [3.8, 4) is 0 Å². The molecular weight excluding hydrogens is 126 g/mol. The first kappa shape index (κ1) is 8.02. The zero-order valence-corrected chi connectivity index (χ0v) is 6.73. The van der Waals surface area contributed by atoms with Crippen LogP contribution >= 0.6 is 0 Å². The highest BCUT2D eigenvalue weighted by Crippen LogP contribution is 2.10. The van der Waals surface area contributed by atoms with Gasteiger partial charge in [0.15, 0.2) is 0 Å². The Morgan fingerprint density at radius 2 is 2.50 bits per heavy atom. The minimum absolute atomic E-state index is 0.506. The number of nitrogens with one attached hydrogen (secondary N) is 1.